The van der Waals surface area contributed by atoms with Gasteiger partial charge in [0.25, 0.3) is 0 Å². The Kier molecular flexibility index (Phi) is 3.77. The fraction of sp³-hybridized carbons (Fsp3) is 0.0952. The highest BCUT2D eigenvalue weighted by Gasteiger charge is 2.26. The lowest BCUT2D eigenvalue weighted by Crippen LogP contribution is -2.17. The minimum absolute atomic E-state index is 0.0435. The Balaban J connectivity index is 1.66. The molecule has 1 aliphatic carbocycles. The Labute approximate surface area is 150 Å². The normalized spacial score (nSPS) is 13.7. The fourth-order valence-corrected chi connectivity index (χ4v) is 3.15. The molecule has 2 aromatic carbocycles. The molecule has 1 atom stereocenters. The molecule has 1 heterocycles. The lowest BCUT2D eigenvalue weighted by Gasteiger charge is -2.22. The summed E-state index contributed by atoms with van der Waals surface area (Å²) in [4.78, 5) is 28.8. The molecule has 0 spiro atoms. The van der Waals surface area contributed by atoms with Crippen LogP contribution in [0.15, 0.2) is 67.8 Å². The smallest absolute Gasteiger partial charge is 0.419 e. The van der Waals surface area contributed by atoms with Crippen LogP contribution < -0.4 is 0 Å². The van der Waals surface area contributed by atoms with Gasteiger partial charge in [0.2, 0.25) is 0 Å². The summed E-state index contributed by atoms with van der Waals surface area (Å²) in [6.07, 6.45) is 3.38. The van der Waals surface area contributed by atoms with Gasteiger partial charge in [0.1, 0.15) is 12.4 Å². The van der Waals surface area contributed by atoms with Crippen LogP contribution >= 0.6 is 0 Å². The zero-order valence-electron chi connectivity index (χ0n) is 14.2. The number of benzene rings is 2. The zero-order valence-corrected chi connectivity index (χ0v) is 14.2. The first-order valence-electron chi connectivity index (χ1n) is 8.22. The number of nitrogens with zero attached hydrogens (tertiary/aromatic N) is 2. The maximum Gasteiger partial charge on any atom is 0.419 e. The van der Waals surface area contributed by atoms with E-state index in [1.807, 2.05) is 30.3 Å². The summed E-state index contributed by atoms with van der Waals surface area (Å²) >= 11 is 0. The number of rotatable bonds is 2. The van der Waals surface area contributed by atoms with Crippen LogP contribution in [0.25, 0.3) is 5.57 Å². The van der Waals surface area contributed by atoms with E-state index in [-0.39, 0.29) is 5.78 Å². The van der Waals surface area contributed by atoms with E-state index in [1.54, 1.807) is 19.1 Å². The van der Waals surface area contributed by atoms with Crippen molar-refractivity contribution in [2.45, 2.75) is 13.0 Å². The van der Waals surface area contributed by atoms with Crippen LogP contribution in [0.1, 0.15) is 45.6 Å². The van der Waals surface area contributed by atoms with Crippen LogP contribution in [-0.4, -0.2) is 21.4 Å². The first kappa shape index (κ1) is 16.0. The molecule has 1 aromatic heterocycles. The second kappa shape index (κ2) is 6.11. The lowest BCUT2D eigenvalue weighted by molar-refractivity contribution is 0.103. The van der Waals surface area contributed by atoms with E-state index in [9.17, 15) is 9.59 Å². The molecule has 3 aromatic rings. The second-order valence-corrected chi connectivity index (χ2v) is 6.15. The number of hydrogen-bond acceptors (Lipinski definition) is 4. The van der Waals surface area contributed by atoms with Crippen LogP contribution in [0.5, 0.6) is 0 Å². The van der Waals surface area contributed by atoms with Crippen LogP contribution in [0, 0.1) is 0 Å². The molecule has 1 aliphatic rings. The Hall–Kier alpha value is -3.47. The van der Waals surface area contributed by atoms with Gasteiger partial charge in [-0.3, -0.25) is 4.79 Å². The van der Waals surface area contributed by atoms with Crippen molar-refractivity contribution in [3.63, 3.8) is 0 Å². The molecule has 128 valence electrons. The topological polar surface area (TPSA) is 61.2 Å². The van der Waals surface area contributed by atoms with E-state index in [1.165, 1.54) is 23.3 Å². The molecular formula is C21H16N2O3. The highest BCUT2D eigenvalue weighted by Crippen LogP contribution is 2.36. The molecule has 5 heteroatoms. The quantitative estimate of drug-likeness (QED) is 0.546. The van der Waals surface area contributed by atoms with Crippen molar-refractivity contribution in [2.24, 2.45) is 0 Å². The highest BCUT2D eigenvalue weighted by molar-refractivity contribution is 6.18. The Morgan fingerprint density at radius 2 is 1.85 bits per heavy atom. The standard InChI is InChI=1S/C21H16N2O3/c1-13-16-5-3-4-6-18(16)20(24)19-11-15(7-8-17(13)19)14(2)26-21(25)23-10-9-22-12-23/h3-12,14H,1H2,2H3. The SMILES string of the molecule is C=C1c2ccccc2C(=O)c2cc(C(C)OC(=O)n3ccnc3)ccc21. The number of carbonyl (C=O) groups is 2. The van der Waals surface area contributed by atoms with Crippen LogP contribution in [0.4, 0.5) is 4.79 Å². The van der Waals surface area contributed by atoms with E-state index >= 15 is 0 Å². The molecule has 0 saturated carbocycles. The van der Waals surface area contributed by atoms with Crippen LogP contribution in [0.3, 0.4) is 0 Å². The van der Waals surface area contributed by atoms with Crippen molar-refractivity contribution >= 4 is 17.4 Å². The van der Waals surface area contributed by atoms with Crippen molar-refractivity contribution in [3.8, 4) is 0 Å². The average molecular weight is 344 g/mol. The fourth-order valence-electron chi connectivity index (χ4n) is 3.15. The van der Waals surface area contributed by atoms with Gasteiger partial charge in [0.05, 0.1) is 0 Å². The van der Waals surface area contributed by atoms with Gasteiger partial charge in [-0.05, 0) is 35.3 Å². The zero-order chi connectivity index (χ0) is 18.3. The van der Waals surface area contributed by atoms with Crippen molar-refractivity contribution in [1.29, 1.82) is 0 Å². The molecular weight excluding hydrogens is 328 g/mol. The summed E-state index contributed by atoms with van der Waals surface area (Å²) in [6, 6.07) is 13.0. The third-order valence-electron chi connectivity index (χ3n) is 4.57. The number of imidazole rings is 1. The summed E-state index contributed by atoms with van der Waals surface area (Å²) in [7, 11) is 0. The molecule has 0 N–H and O–H groups in total. The Bertz CT molecular complexity index is 1040. The predicted molar refractivity (Wildman–Crippen MR) is 97.0 cm³/mol. The molecule has 5 nitrogen and oxygen atoms in total. The van der Waals surface area contributed by atoms with E-state index < -0.39 is 12.2 Å². The summed E-state index contributed by atoms with van der Waals surface area (Å²) in [5.74, 6) is -0.0435. The van der Waals surface area contributed by atoms with Gasteiger partial charge in [-0.1, -0.05) is 43.0 Å². The summed E-state index contributed by atoms with van der Waals surface area (Å²) in [5.41, 5.74) is 4.47. The Morgan fingerprint density at radius 3 is 2.58 bits per heavy atom. The third-order valence-corrected chi connectivity index (χ3v) is 4.57. The number of ether oxygens (including phenoxy) is 1. The van der Waals surface area contributed by atoms with Gasteiger partial charge in [-0.25, -0.2) is 14.3 Å². The van der Waals surface area contributed by atoms with Gasteiger partial charge in [-0.2, -0.15) is 0 Å². The van der Waals surface area contributed by atoms with Gasteiger partial charge in [0.15, 0.2) is 5.78 Å². The number of hydrogen-bond donors (Lipinski definition) is 0. The maximum atomic E-state index is 12.9. The van der Waals surface area contributed by atoms with Crippen LogP contribution in [0.2, 0.25) is 0 Å². The molecule has 0 saturated heterocycles. The van der Waals surface area contributed by atoms with Crippen molar-refractivity contribution in [2.75, 3.05) is 0 Å². The summed E-state index contributed by atoms with van der Waals surface area (Å²) in [5, 5.41) is 0. The van der Waals surface area contributed by atoms with E-state index in [2.05, 4.69) is 11.6 Å². The van der Waals surface area contributed by atoms with Gasteiger partial charge in [0, 0.05) is 23.5 Å². The average Bonchev–Trinajstić information content (AvgIpc) is 3.20. The molecule has 26 heavy (non-hydrogen) atoms. The van der Waals surface area contributed by atoms with E-state index in [0.717, 1.165) is 22.3 Å². The summed E-state index contributed by atoms with van der Waals surface area (Å²) in [6.45, 7) is 5.91. The monoisotopic (exact) mass is 344 g/mol. The molecule has 0 fully saturated rings. The first-order valence-corrected chi connectivity index (χ1v) is 8.22. The molecule has 0 bridgehead atoms. The molecule has 0 amide bonds. The minimum atomic E-state index is -0.520. The second-order valence-electron chi connectivity index (χ2n) is 6.15. The Morgan fingerprint density at radius 1 is 1.12 bits per heavy atom. The number of fused-ring (bicyclic) bond motifs is 2. The lowest BCUT2D eigenvalue weighted by atomic mass is 9.81. The van der Waals surface area contributed by atoms with Crippen molar-refractivity contribution in [3.05, 3.63) is 95.6 Å². The predicted octanol–water partition coefficient (Wildman–Crippen LogP) is 4.23. The van der Waals surface area contributed by atoms with Crippen LogP contribution in [-0.2, 0) is 4.74 Å². The first-order chi connectivity index (χ1) is 12.6. The van der Waals surface area contributed by atoms with Gasteiger partial charge >= 0.3 is 6.09 Å². The molecule has 0 aliphatic heterocycles. The number of ketones is 1. The maximum absolute atomic E-state index is 12.9. The third kappa shape index (κ3) is 2.54. The van der Waals surface area contributed by atoms with Crippen molar-refractivity contribution in [1.82, 2.24) is 9.55 Å². The van der Waals surface area contributed by atoms with Gasteiger partial charge < -0.3 is 4.74 Å². The minimum Gasteiger partial charge on any atom is -0.441 e. The number of aromatic nitrogens is 2. The summed E-state index contributed by atoms with van der Waals surface area (Å²) < 4.78 is 6.72. The molecule has 1 unspecified atom stereocenters. The van der Waals surface area contributed by atoms with E-state index in [0.29, 0.717) is 11.1 Å². The van der Waals surface area contributed by atoms with E-state index in [4.69, 9.17) is 4.74 Å². The molecule has 4 rings (SSSR count). The van der Waals surface area contributed by atoms with Gasteiger partial charge in [-0.15, -0.1) is 0 Å². The van der Waals surface area contributed by atoms with Crippen molar-refractivity contribution < 1.29 is 14.3 Å². The largest absolute Gasteiger partial charge is 0.441 e. The highest BCUT2D eigenvalue weighted by atomic mass is 16.6. The number of carbonyl (C=O) groups excluding carboxylic acids is 2. The molecule has 0 radical (unpaired) electrons.